The van der Waals surface area contributed by atoms with Crippen molar-refractivity contribution in [2.75, 3.05) is 11.3 Å². The summed E-state index contributed by atoms with van der Waals surface area (Å²) in [6.07, 6.45) is -0.0828. The smallest absolute Gasteiger partial charge is 0.448 e. The van der Waals surface area contributed by atoms with E-state index in [1.807, 2.05) is 19.1 Å². The summed E-state index contributed by atoms with van der Waals surface area (Å²) < 4.78 is 37.2. The molecule has 1 aliphatic rings. The quantitative estimate of drug-likeness (QED) is 0.661. The van der Waals surface area contributed by atoms with Crippen molar-refractivity contribution >= 4 is 12.7 Å². The fourth-order valence-electron chi connectivity index (χ4n) is 2.13. The van der Waals surface area contributed by atoms with E-state index in [1.165, 1.54) is 4.90 Å². The van der Waals surface area contributed by atoms with Gasteiger partial charge in [-0.15, -0.1) is 0 Å². The summed E-state index contributed by atoms with van der Waals surface area (Å²) in [6, 6.07) is 7.27. The minimum Gasteiger partial charge on any atom is -0.448 e. The molecule has 0 fully saturated rings. The van der Waals surface area contributed by atoms with E-state index in [-0.39, 0.29) is 57.4 Å². The maximum absolute atomic E-state index is 12.4. The molecule has 2 rings (SSSR count). The zero-order chi connectivity index (χ0) is 11.1. The molecule has 1 heterocycles. The van der Waals surface area contributed by atoms with Crippen molar-refractivity contribution in [2.45, 2.75) is 19.4 Å². The first-order valence-electron chi connectivity index (χ1n) is 5.03. The molecule has 1 aliphatic heterocycles. The van der Waals surface area contributed by atoms with Crippen LogP contribution in [0, 0.1) is 0 Å². The second-order valence-corrected chi connectivity index (χ2v) is 4.04. The second kappa shape index (κ2) is 5.44. The molecule has 0 saturated heterocycles. The summed E-state index contributed by atoms with van der Waals surface area (Å²) in [7, 11) is 0. The predicted octanol–water partition coefficient (Wildman–Crippen LogP) is -0.172. The Kier molecular flexibility index (Phi) is 4.95. The van der Waals surface area contributed by atoms with Gasteiger partial charge in [-0.2, -0.15) is 0 Å². The molecule has 1 aromatic carbocycles. The fraction of sp³-hybridized carbons (Fsp3) is 0.400. The summed E-state index contributed by atoms with van der Waals surface area (Å²) >= 11 is 0. The summed E-state index contributed by atoms with van der Waals surface area (Å²) in [5.41, 5.74) is 1.76. The Morgan fingerprint density at radius 3 is 2.56 bits per heavy atom. The van der Waals surface area contributed by atoms with E-state index in [9.17, 15) is 12.9 Å². The van der Waals surface area contributed by atoms with Crippen LogP contribution >= 0.6 is 0 Å². The van der Waals surface area contributed by atoms with E-state index in [1.54, 1.807) is 12.1 Å². The molecule has 0 bridgehead atoms. The van der Waals surface area contributed by atoms with Gasteiger partial charge in [0.05, 0.1) is 0 Å². The van der Waals surface area contributed by atoms with E-state index < -0.39 is 13.4 Å². The van der Waals surface area contributed by atoms with Crippen LogP contribution in [-0.2, 0) is 6.42 Å². The summed E-state index contributed by atoms with van der Waals surface area (Å²) in [5, 5.41) is 0. The number of anilines is 1. The Labute approximate surface area is 136 Å². The molecule has 1 unspecified atom stereocenters. The standard InChI is InChI=1S/C10H12BF3N.K/c1-8-6-9-4-2-3-5-10(9)15(8)7-11(12,13)14;/h2-5,8H,6-7H2,1H3;/q-1;+1. The third-order valence-corrected chi connectivity index (χ3v) is 2.75. The first-order chi connectivity index (χ1) is 6.97. The number of nitrogens with zero attached hydrogens (tertiary/aromatic N) is 1. The summed E-state index contributed by atoms with van der Waals surface area (Å²) in [4.78, 5) is 1.45. The third kappa shape index (κ3) is 3.26. The van der Waals surface area contributed by atoms with Crippen molar-refractivity contribution in [3.8, 4) is 0 Å². The van der Waals surface area contributed by atoms with E-state index in [0.29, 0.717) is 6.42 Å². The van der Waals surface area contributed by atoms with Gasteiger partial charge >= 0.3 is 58.4 Å². The molecule has 0 spiro atoms. The SMILES string of the molecule is CC1Cc2ccccc2N1C[B-](F)(F)F.[K+]. The van der Waals surface area contributed by atoms with E-state index >= 15 is 0 Å². The van der Waals surface area contributed by atoms with Crippen molar-refractivity contribution in [1.82, 2.24) is 0 Å². The molecule has 0 radical (unpaired) electrons. The number of hydrogen-bond donors (Lipinski definition) is 0. The molecule has 0 N–H and O–H groups in total. The van der Waals surface area contributed by atoms with Gasteiger partial charge < -0.3 is 17.8 Å². The summed E-state index contributed by atoms with van der Waals surface area (Å²) in [5.74, 6) is 0. The van der Waals surface area contributed by atoms with E-state index in [4.69, 9.17) is 0 Å². The molecule has 0 aromatic heterocycles. The number of hydrogen-bond acceptors (Lipinski definition) is 1. The number of fused-ring (bicyclic) bond motifs is 1. The van der Waals surface area contributed by atoms with Gasteiger partial charge in [0.2, 0.25) is 0 Å². The first-order valence-corrected chi connectivity index (χ1v) is 5.03. The Balaban J connectivity index is 0.00000128. The first kappa shape index (κ1) is 14.6. The van der Waals surface area contributed by atoms with Gasteiger partial charge in [0.25, 0.3) is 0 Å². The Hall–Kier alpha value is 0.511. The molecule has 1 nitrogen and oxygen atoms in total. The van der Waals surface area contributed by atoms with Crippen molar-refractivity contribution in [2.24, 2.45) is 0 Å². The number of rotatable bonds is 2. The van der Waals surface area contributed by atoms with Gasteiger partial charge in [0, 0.05) is 11.7 Å². The fourth-order valence-corrected chi connectivity index (χ4v) is 2.13. The summed E-state index contributed by atoms with van der Waals surface area (Å²) in [6.45, 7) is -2.92. The van der Waals surface area contributed by atoms with Gasteiger partial charge in [-0.3, -0.25) is 0 Å². The topological polar surface area (TPSA) is 3.24 Å². The minimum atomic E-state index is -4.75. The van der Waals surface area contributed by atoms with Crippen molar-refractivity contribution < 1.29 is 64.3 Å². The van der Waals surface area contributed by atoms with Crippen LogP contribution in [0.1, 0.15) is 12.5 Å². The van der Waals surface area contributed by atoms with Gasteiger partial charge in [-0.1, -0.05) is 18.2 Å². The van der Waals surface area contributed by atoms with Crippen LogP contribution < -0.4 is 56.3 Å². The van der Waals surface area contributed by atoms with Crippen molar-refractivity contribution in [1.29, 1.82) is 0 Å². The molecule has 16 heavy (non-hydrogen) atoms. The molecule has 1 atom stereocenters. The Bertz CT molecular complexity index is 369. The normalized spacial score (nSPS) is 19.2. The predicted molar refractivity (Wildman–Crippen MR) is 56.0 cm³/mol. The van der Waals surface area contributed by atoms with Gasteiger partial charge in [0.1, 0.15) is 0 Å². The van der Waals surface area contributed by atoms with Crippen molar-refractivity contribution in [3.63, 3.8) is 0 Å². The van der Waals surface area contributed by atoms with Crippen LogP contribution in [0.3, 0.4) is 0 Å². The van der Waals surface area contributed by atoms with Crippen LogP contribution in [0.25, 0.3) is 0 Å². The maximum Gasteiger partial charge on any atom is 1.00 e. The maximum atomic E-state index is 12.4. The molecular weight excluding hydrogens is 241 g/mol. The van der Waals surface area contributed by atoms with Crippen LogP contribution in [-0.4, -0.2) is 19.5 Å². The Morgan fingerprint density at radius 2 is 1.94 bits per heavy atom. The van der Waals surface area contributed by atoms with Gasteiger partial charge in [-0.05, 0) is 31.4 Å². The van der Waals surface area contributed by atoms with Crippen molar-refractivity contribution in [3.05, 3.63) is 29.8 Å². The van der Waals surface area contributed by atoms with Gasteiger partial charge in [0.15, 0.2) is 0 Å². The number of halogens is 3. The monoisotopic (exact) mass is 253 g/mol. The molecule has 82 valence electrons. The number of benzene rings is 1. The Morgan fingerprint density at radius 1 is 1.31 bits per heavy atom. The second-order valence-electron chi connectivity index (χ2n) is 4.04. The minimum absolute atomic E-state index is 0. The third-order valence-electron chi connectivity index (χ3n) is 2.75. The van der Waals surface area contributed by atoms with Gasteiger partial charge in [-0.25, -0.2) is 0 Å². The average molecular weight is 253 g/mol. The zero-order valence-corrected chi connectivity index (χ0v) is 12.6. The number of para-hydroxylation sites is 1. The molecular formula is C10H12BF3KN. The molecule has 1 aromatic rings. The molecule has 0 saturated carbocycles. The average Bonchev–Trinajstić information content (AvgIpc) is 2.41. The zero-order valence-electron chi connectivity index (χ0n) is 9.46. The van der Waals surface area contributed by atoms with E-state index in [0.717, 1.165) is 11.3 Å². The van der Waals surface area contributed by atoms with Crippen LogP contribution in [0.15, 0.2) is 24.3 Å². The largest absolute Gasteiger partial charge is 1.00 e. The molecule has 0 amide bonds. The van der Waals surface area contributed by atoms with Crippen LogP contribution in [0.5, 0.6) is 0 Å². The molecule has 6 heteroatoms. The van der Waals surface area contributed by atoms with Crippen LogP contribution in [0.2, 0.25) is 0 Å². The van der Waals surface area contributed by atoms with Crippen LogP contribution in [0.4, 0.5) is 18.6 Å². The molecule has 0 aliphatic carbocycles. The van der Waals surface area contributed by atoms with E-state index in [2.05, 4.69) is 0 Å².